The van der Waals surface area contributed by atoms with E-state index in [0.29, 0.717) is 37.7 Å². The van der Waals surface area contributed by atoms with Crippen molar-refractivity contribution in [2.45, 2.75) is 64.9 Å². The fourth-order valence-corrected chi connectivity index (χ4v) is 5.67. The minimum absolute atomic E-state index is 0.00796. The van der Waals surface area contributed by atoms with Crippen molar-refractivity contribution in [1.82, 2.24) is 0 Å². The van der Waals surface area contributed by atoms with Crippen LogP contribution in [0.4, 0.5) is 0 Å². The number of aryl methyl sites for hydroxylation is 1. The first-order valence-electron chi connectivity index (χ1n) is 11.0. The minimum Gasteiger partial charge on any atom is -0.507 e. The van der Waals surface area contributed by atoms with Gasteiger partial charge in [-0.2, -0.15) is 0 Å². The Kier molecular flexibility index (Phi) is 5.16. The number of Topliss-reactive ketones (excluding diaryl/α,β-unsaturated/α-hetero) is 3. The first-order valence-corrected chi connectivity index (χ1v) is 11.0. The molecule has 31 heavy (non-hydrogen) atoms. The molecule has 0 spiro atoms. The first kappa shape index (κ1) is 21.5. The number of benzene rings is 1. The molecule has 3 N–H and O–H groups in total. The van der Waals surface area contributed by atoms with Gasteiger partial charge in [0.25, 0.3) is 0 Å². The standard InChI is InChI=1S/C25H28O6/c1-4-12-7-8-18(27)21-16(12)11-14-10-15-9-13(5-2)19(17(26)6-3)23(29)25(15,31)24(30)20(14)22(21)28/h7-8,14-15,27-28,31H,4-6,9-11H2,1-3H3. The molecular formula is C25H28O6. The summed E-state index contributed by atoms with van der Waals surface area (Å²) in [6.07, 6.45) is 2.43. The van der Waals surface area contributed by atoms with Crippen molar-refractivity contribution in [3.05, 3.63) is 45.5 Å². The van der Waals surface area contributed by atoms with Gasteiger partial charge >= 0.3 is 0 Å². The highest BCUT2D eigenvalue weighted by molar-refractivity contribution is 6.33. The molecule has 3 aliphatic carbocycles. The average Bonchev–Trinajstić information content (AvgIpc) is 2.75. The number of rotatable bonds is 4. The van der Waals surface area contributed by atoms with E-state index in [-0.39, 0.29) is 46.3 Å². The second-order valence-corrected chi connectivity index (χ2v) is 8.78. The van der Waals surface area contributed by atoms with Crippen LogP contribution >= 0.6 is 0 Å². The number of allylic oxidation sites excluding steroid dienone is 1. The van der Waals surface area contributed by atoms with Gasteiger partial charge in [-0.05, 0) is 55.2 Å². The minimum atomic E-state index is -2.35. The Morgan fingerprint density at radius 3 is 2.39 bits per heavy atom. The predicted octanol–water partition coefficient (Wildman–Crippen LogP) is 3.37. The number of aliphatic hydroxyl groups excluding tert-OH is 1. The van der Waals surface area contributed by atoms with Crippen LogP contribution in [0.3, 0.4) is 0 Å². The Balaban J connectivity index is 1.89. The largest absolute Gasteiger partial charge is 0.507 e. The molecule has 0 radical (unpaired) electrons. The van der Waals surface area contributed by atoms with E-state index in [0.717, 1.165) is 11.1 Å². The number of phenols is 1. The van der Waals surface area contributed by atoms with Crippen LogP contribution in [0.5, 0.6) is 5.75 Å². The molecule has 6 heteroatoms. The number of carbonyl (C=O) groups excluding carboxylic acids is 3. The molecule has 1 aromatic carbocycles. The predicted molar refractivity (Wildman–Crippen MR) is 115 cm³/mol. The zero-order valence-corrected chi connectivity index (χ0v) is 18.1. The van der Waals surface area contributed by atoms with Gasteiger partial charge in [0.1, 0.15) is 11.5 Å². The molecule has 1 fully saturated rings. The van der Waals surface area contributed by atoms with Crippen molar-refractivity contribution >= 4 is 23.1 Å². The lowest BCUT2D eigenvalue weighted by atomic mass is 9.57. The summed E-state index contributed by atoms with van der Waals surface area (Å²) in [6.45, 7) is 5.49. The normalized spacial score (nSPS) is 27.7. The van der Waals surface area contributed by atoms with Crippen molar-refractivity contribution in [3.63, 3.8) is 0 Å². The summed E-state index contributed by atoms with van der Waals surface area (Å²) in [5.41, 5.74) is 0.277. The first-order chi connectivity index (χ1) is 14.7. The molecule has 0 amide bonds. The Morgan fingerprint density at radius 1 is 1.06 bits per heavy atom. The topological polar surface area (TPSA) is 112 Å². The highest BCUT2D eigenvalue weighted by Crippen LogP contribution is 2.52. The summed E-state index contributed by atoms with van der Waals surface area (Å²) in [6, 6.07) is 3.30. The molecule has 0 aliphatic heterocycles. The smallest absolute Gasteiger partial charge is 0.206 e. The van der Waals surface area contributed by atoms with Gasteiger partial charge in [-0.1, -0.05) is 32.4 Å². The highest BCUT2D eigenvalue weighted by atomic mass is 16.3. The maximum absolute atomic E-state index is 13.6. The van der Waals surface area contributed by atoms with Crippen LogP contribution in [0.1, 0.15) is 63.1 Å². The van der Waals surface area contributed by atoms with Crippen molar-refractivity contribution in [2.24, 2.45) is 11.8 Å². The molecule has 0 heterocycles. The number of fused-ring (bicyclic) bond motifs is 3. The highest BCUT2D eigenvalue weighted by Gasteiger charge is 2.61. The number of hydrogen-bond donors (Lipinski definition) is 3. The van der Waals surface area contributed by atoms with Crippen LogP contribution in [0, 0.1) is 11.8 Å². The van der Waals surface area contributed by atoms with Crippen LogP contribution in [0.2, 0.25) is 0 Å². The molecule has 0 aromatic heterocycles. The zero-order valence-electron chi connectivity index (χ0n) is 18.1. The number of aromatic hydroxyl groups is 1. The summed E-state index contributed by atoms with van der Waals surface area (Å²) < 4.78 is 0. The lowest BCUT2D eigenvalue weighted by Gasteiger charge is -2.46. The van der Waals surface area contributed by atoms with Crippen LogP contribution < -0.4 is 0 Å². The fourth-order valence-electron chi connectivity index (χ4n) is 5.67. The Bertz CT molecular complexity index is 1080. The van der Waals surface area contributed by atoms with E-state index in [1.165, 1.54) is 6.07 Å². The van der Waals surface area contributed by atoms with E-state index in [9.17, 15) is 29.7 Å². The quantitative estimate of drug-likeness (QED) is 0.505. The third kappa shape index (κ3) is 2.84. The molecule has 4 rings (SSSR count). The number of hydrogen-bond acceptors (Lipinski definition) is 6. The van der Waals surface area contributed by atoms with Crippen molar-refractivity contribution < 1.29 is 29.7 Å². The molecule has 3 aliphatic rings. The lowest BCUT2D eigenvalue weighted by Crippen LogP contribution is -2.61. The molecule has 6 nitrogen and oxygen atoms in total. The Labute approximate surface area is 181 Å². The third-order valence-electron chi connectivity index (χ3n) is 7.32. The third-order valence-corrected chi connectivity index (χ3v) is 7.32. The summed E-state index contributed by atoms with van der Waals surface area (Å²) in [5.74, 6) is -3.54. The van der Waals surface area contributed by atoms with Crippen LogP contribution in [-0.2, 0) is 27.2 Å². The summed E-state index contributed by atoms with van der Waals surface area (Å²) in [4.78, 5) is 39.4. The fraction of sp³-hybridized carbons (Fsp3) is 0.480. The van der Waals surface area contributed by atoms with Crippen LogP contribution in [-0.4, -0.2) is 38.3 Å². The van der Waals surface area contributed by atoms with Gasteiger partial charge in [-0.3, -0.25) is 14.4 Å². The maximum Gasteiger partial charge on any atom is 0.206 e. The molecule has 1 saturated carbocycles. The monoisotopic (exact) mass is 424 g/mol. The molecule has 164 valence electrons. The number of carbonyl (C=O) groups is 3. The van der Waals surface area contributed by atoms with E-state index in [1.807, 2.05) is 19.9 Å². The molecule has 1 aromatic rings. The van der Waals surface area contributed by atoms with Crippen molar-refractivity contribution in [3.8, 4) is 5.75 Å². The van der Waals surface area contributed by atoms with Crippen molar-refractivity contribution in [2.75, 3.05) is 0 Å². The lowest BCUT2D eigenvalue weighted by molar-refractivity contribution is -0.157. The summed E-state index contributed by atoms with van der Waals surface area (Å²) >= 11 is 0. The number of ketones is 3. The molecule has 3 unspecified atom stereocenters. The van der Waals surface area contributed by atoms with Gasteiger partial charge < -0.3 is 15.3 Å². The van der Waals surface area contributed by atoms with E-state index in [4.69, 9.17) is 0 Å². The van der Waals surface area contributed by atoms with Gasteiger partial charge in [0.2, 0.25) is 11.6 Å². The summed E-state index contributed by atoms with van der Waals surface area (Å²) in [7, 11) is 0. The van der Waals surface area contributed by atoms with Gasteiger partial charge in [-0.15, -0.1) is 0 Å². The Morgan fingerprint density at radius 2 is 1.77 bits per heavy atom. The van der Waals surface area contributed by atoms with E-state index < -0.39 is 23.1 Å². The molecule has 3 atom stereocenters. The zero-order chi connectivity index (χ0) is 22.7. The molecule has 0 bridgehead atoms. The number of aliphatic hydroxyl groups is 2. The second-order valence-electron chi connectivity index (χ2n) is 8.78. The SMILES string of the molecule is CCC(=O)C1=C(CC)CC2CC3Cc4c(CC)ccc(O)c4C(O)=C3C(=O)C2(O)C1=O. The van der Waals surface area contributed by atoms with E-state index in [2.05, 4.69) is 0 Å². The second kappa shape index (κ2) is 7.45. The van der Waals surface area contributed by atoms with E-state index >= 15 is 0 Å². The van der Waals surface area contributed by atoms with Gasteiger partial charge in [0.05, 0.1) is 11.1 Å². The molecular weight excluding hydrogens is 396 g/mol. The van der Waals surface area contributed by atoms with Crippen LogP contribution in [0.15, 0.2) is 28.9 Å². The summed E-state index contributed by atoms with van der Waals surface area (Å²) in [5, 5.41) is 32.9. The Hall–Kier alpha value is -2.73. The maximum atomic E-state index is 13.6. The van der Waals surface area contributed by atoms with Gasteiger partial charge in [-0.25, -0.2) is 0 Å². The van der Waals surface area contributed by atoms with Gasteiger partial charge in [0, 0.05) is 17.9 Å². The average molecular weight is 424 g/mol. The van der Waals surface area contributed by atoms with E-state index in [1.54, 1.807) is 6.92 Å². The van der Waals surface area contributed by atoms with Crippen LogP contribution in [0.25, 0.3) is 5.76 Å². The number of phenolic OH excluding ortho intramolecular Hbond substituents is 1. The van der Waals surface area contributed by atoms with Crippen molar-refractivity contribution in [1.29, 1.82) is 0 Å². The van der Waals surface area contributed by atoms with Gasteiger partial charge in [0.15, 0.2) is 11.4 Å². The molecule has 0 saturated heterocycles.